The molecule has 5 nitrogen and oxygen atoms in total. The lowest BCUT2D eigenvalue weighted by Crippen LogP contribution is -2.34. The predicted octanol–water partition coefficient (Wildman–Crippen LogP) is 1.67. The van der Waals surface area contributed by atoms with Gasteiger partial charge in [-0.2, -0.15) is 0 Å². The van der Waals surface area contributed by atoms with Gasteiger partial charge in [0.25, 0.3) is 11.8 Å². The van der Waals surface area contributed by atoms with Crippen LogP contribution in [0, 0.1) is 5.92 Å². The van der Waals surface area contributed by atoms with Crippen LogP contribution in [-0.4, -0.2) is 22.8 Å². The molecule has 5 heteroatoms. The topological polar surface area (TPSA) is 63.7 Å². The van der Waals surface area contributed by atoms with Gasteiger partial charge in [-0.05, 0) is 6.42 Å². The summed E-state index contributed by atoms with van der Waals surface area (Å²) in [7, 11) is 0. The van der Waals surface area contributed by atoms with Crippen molar-refractivity contribution in [2.24, 2.45) is 5.92 Å². The highest BCUT2D eigenvalue weighted by molar-refractivity contribution is 6.01. The summed E-state index contributed by atoms with van der Waals surface area (Å²) >= 11 is 0. The van der Waals surface area contributed by atoms with Gasteiger partial charge in [-0.1, -0.05) is 27.7 Å². The van der Waals surface area contributed by atoms with E-state index in [9.17, 15) is 14.4 Å². The molecule has 0 aliphatic carbocycles. The number of nitrogens with zero attached hydrogens (tertiary/aromatic N) is 1. The maximum absolute atomic E-state index is 11.4. The maximum Gasteiger partial charge on any atom is 0.335 e. The van der Waals surface area contributed by atoms with Crippen molar-refractivity contribution in [2.75, 3.05) is 0 Å². The molecule has 0 aromatic heterocycles. The third-order valence-corrected chi connectivity index (χ3v) is 2.31. The van der Waals surface area contributed by atoms with Crippen molar-refractivity contribution in [2.45, 2.75) is 47.0 Å². The third-order valence-electron chi connectivity index (χ3n) is 2.31. The Kier molecular flexibility index (Phi) is 5.71. The minimum atomic E-state index is -0.513. The molecule has 0 N–H and O–H groups in total. The van der Waals surface area contributed by atoms with Crippen molar-refractivity contribution in [3.63, 3.8) is 0 Å². The average molecular weight is 229 g/mol. The largest absolute Gasteiger partial charge is 0.335 e. The summed E-state index contributed by atoms with van der Waals surface area (Å²) in [4.78, 5) is 38.4. The number of hydrogen-bond donors (Lipinski definition) is 0. The Morgan fingerprint density at radius 3 is 2.31 bits per heavy atom. The Morgan fingerprint density at radius 2 is 1.88 bits per heavy atom. The first kappa shape index (κ1) is 14.6. The zero-order valence-electron chi connectivity index (χ0n) is 8.99. The second-order valence-electron chi connectivity index (χ2n) is 3.68. The molecule has 1 saturated heterocycles. The van der Waals surface area contributed by atoms with Crippen LogP contribution < -0.4 is 0 Å². The lowest BCUT2D eigenvalue weighted by atomic mass is 10.1. The van der Waals surface area contributed by atoms with Gasteiger partial charge in [-0.15, -0.1) is 5.06 Å². The van der Waals surface area contributed by atoms with Crippen LogP contribution in [0.5, 0.6) is 0 Å². The van der Waals surface area contributed by atoms with E-state index in [1.165, 1.54) is 0 Å². The van der Waals surface area contributed by atoms with Crippen molar-refractivity contribution in [3.8, 4) is 0 Å². The molecule has 1 heterocycles. The third kappa shape index (κ3) is 3.32. The van der Waals surface area contributed by atoms with E-state index in [0.29, 0.717) is 11.5 Å². The fourth-order valence-corrected chi connectivity index (χ4v) is 1.39. The van der Waals surface area contributed by atoms with Crippen molar-refractivity contribution >= 4 is 17.8 Å². The lowest BCUT2D eigenvalue weighted by Gasteiger charge is -2.15. The van der Waals surface area contributed by atoms with Crippen LogP contribution in [0.1, 0.15) is 47.0 Å². The number of carbonyl (C=O) groups excluding carboxylic acids is 3. The molecule has 1 fully saturated rings. The number of rotatable bonds is 4. The minimum absolute atomic E-state index is 0. The fourth-order valence-electron chi connectivity index (χ4n) is 1.39. The van der Waals surface area contributed by atoms with Gasteiger partial charge in [0.1, 0.15) is 0 Å². The quantitative estimate of drug-likeness (QED) is 0.688. The summed E-state index contributed by atoms with van der Waals surface area (Å²) in [6.07, 6.45) is 1.82. The molecule has 1 aliphatic heterocycles. The second-order valence-corrected chi connectivity index (χ2v) is 3.68. The Labute approximate surface area is 95.7 Å². The van der Waals surface area contributed by atoms with Crippen LogP contribution in [-0.2, 0) is 19.2 Å². The van der Waals surface area contributed by atoms with Crippen LogP contribution in [0.2, 0.25) is 0 Å². The van der Waals surface area contributed by atoms with Crippen LogP contribution >= 0.6 is 0 Å². The molecular weight excluding hydrogens is 210 g/mol. The second kappa shape index (κ2) is 6.25. The molecule has 16 heavy (non-hydrogen) atoms. The first-order chi connectivity index (χ1) is 7.06. The molecule has 0 bridgehead atoms. The van der Waals surface area contributed by atoms with Crippen LogP contribution in [0.3, 0.4) is 0 Å². The van der Waals surface area contributed by atoms with E-state index in [1.807, 2.05) is 6.92 Å². The first-order valence-electron chi connectivity index (χ1n) is 5.13. The highest BCUT2D eigenvalue weighted by atomic mass is 16.7. The highest BCUT2D eigenvalue weighted by Gasteiger charge is 2.33. The van der Waals surface area contributed by atoms with Gasteiger partial charge in [0.2, 0.25) is 0 Å². The molecule has 2 amide bonds. The van der Waals surface area contributed by atoms with Crippen LogP contribution in [0.4, 0.5) is 0 Å². The van der Waals surface area contributed by atoms with Gasteiger partial charge in [0, 0.05) is 12.8 Å². The van der Waals surface area contributed by atoms with E-state index >= 15 is 0 Å². The molecule has 92 valence electrons. The minimum Gasteiger partial charge on any atom is -0.330 e. The summed E-state index contributed by atoms with van der Waals surface area (Å²) in [6.45, 7) is 3.67. The van der Waals surface area contributed by atoms with Crippen molar-refractivity contribution < 1.29 is 19.2 Å². The monoisotopic (exact) mass is 229 g/mol. The van der Waals surface area contributed by atoms with E-state index in [-0.39, 0.29) is 26.2 Å². The Balaban J connectivity index is 0.00000225. The molecule has 1 aliphatic rings. The summed E-state index contributed by atoms with van der Waals surface area (Å²) in [6, 6.07) is 0. The van der Waals surface area contributed by atoms with E-state index < -0.39 is 17.8 Å². The zero-order chi connectivity index (χ0) is 11.4. The summed E-state index contributed by atoms with van der Waals surface area (Å²) < 4.78 is 0. The van der Waals surface area contributed by atoms with E-state index in [1.54, 1.807) is 6.92 Å². The smallest absolute Gasteiger partial charge is 0.330 e. The lowest BCUT2D eigenvalue weighted by molar-refractivity contribution is -0.200. The van der Waals surface area contributed by atoms with Gasteiger partial charge in [0.05, 0.1) is 5.92 Å². The van der Waals surface area contributed by atoms with Gasteiger partial charge in [-0.3, -0.25) is 9.59 Å². The molecule has 1 atom stereocenters. The van der Waals surface area contributed by atoms with E-state index in [4.69, 9.17) is 4.84 Å². The summed E-state index contributed by atoms with van der Waals surface area (Å²) in [5.74, 6) is -1.66. The van der Waals surface area contributed by atoms with Crippen molar-refractivity contribution in [1.82, 2.24) is 5.06 Å². The molecule has 0 aromatic carbocycles. The molecular formula is C11H19NO4. The van der Waals surface area contributed by atoms with Gasteiger partial charge < -0.3 is 4.84 Å². The van der Waals surface area contributed by atoms with Crippen LogP contribution in [0.25, 0.3) is 0 Å². The molecule has 0 saturated carbocycles. The maximum atomic E-state index is 11.4. The molecule has 0 aromatic rings. The SMILES string of the molecule is C.CCCC(C)C(=O)ON1C(=O)CCC1=O. The zero-order valence-corrected chi connectivity index (χ0v) is 8.99. The first-order valence-corrected chi connectivity index (χ1v) is 5.13. The number of hydroxylamine groups is 2. The van der Waals surface area contributed by atoms with Gasteiger partial charge in [0.15, 0.2) is 0 Å². The summed E-state index contributed by atoms with van der Waals surface area (Å²) in [5, 5.41) is 0.592. The van der Waals surface area contributed by atoms with Gasteiger partial charge in [-0.25, -0.2) is 4.79 Å². The van der Waals surface area contributed by atoms with Crippen LogP contribution in [0.15, 0.2) is 0 Å². The van der Waals surface area contributed by atoms with E-state index in [2.05, 4.69) is 0 Å². The number of imide groups is 1. The standard InChI is InChI=1S/C10H15NO4.CH4/c1-3-4-7(2)10(14)15-11-8(12)5-6-9(11)13;/h7H,3-6H2,1-2H3;1H4. The molecule has 1 unspecified atom stereocenters. The van der Waals surface area contributed by atoms with E-state index in [0.717, 1.165) is 6.42 Å². The van der Waals surface area contributed by atoms with Crippen molar-refractivity contribution in [1.29, 1.82) is 0 Å². The average Bonchev–Trinajstić information content (AvgIpc) is 2.49. The molecule has 0 spiro atoms. The predicted molar refractivity (Wildman–Crippen MR) is 58.0 cm³/mol. The highest BCUT2D eigenvalue weighted by Crippen LogP contribution is 2.15. The molecule has 0 radical (unpaired) electrons. The Morgan fingerprint density at radius 1 is 1.38 bits per heavy atom. The number of amides is 2. The van der Waals surface area contributed by atoms with Crippen molar-refractivity contribution in [3.05, 3.63) is 0 Å². The normalized spacial score (nSPS) is 17.0. The number of carbonyl (C=O) groups is 3. The fraction of sp³-hybridized carbons (Fsp3) is 0.727. The Bertz CT molecular complexity index is 272. The van der Waals surface area contributed by atoms with Gasteiger partial charge >= 0.3 is 5.97 Å². The number of hydrogen-bond acceptors (Lipinski definition) is 4. The molecule has 1 rings (SSSR count). The summed E-state index contributed by atoms with van der Waals surface area (Å²) in [5.41, 5.74) is 0. The Hall–Kier alpha value is -1.39.